The first-order chi connectivity index (χ1) is 7.78. The number of thiol groups is 1. The highest BCUT2D eigenvalue weighted by Crippen LogP contribution is 2.16. The zero-order valence-electron chi connectivity index (χ0n) is 10.2. The summed E-state index contributed by atoms with van der Waals surface area (Å²) in [5, 5.41) is -0.242. The summed E-state index contributed by atoms with van der Waals surface area (Å²) < 4.78 is 26.2. The summed E-state index contributed by atoms with van der Waals surface area (Å²) in [4.78, 5) is 6.20. The third-order valence-electron chi connectivity index (χ3n) is 1.98. The lowest BCUT2D eigenvalue weighted by Gasteiger charge is -2.10. The molecule has 17 heavy (non-hydrogen) atoms. The fourth-order valence-electron chi connectivity index (χ4n) is 1.29. The van der Waals surface area contributed by atoms with Gasteiger partial charge in [-0.05, 0) is 14.1 Å². The van der Waals surface area contributed by atoms with Gasteiger partial charge < -0.3 is 4.57 Å². The van der Waals surface area contributed by atoms with Crippen LogP contribution >= 0.6 is 12.6 Å². The summed E-state index contributed by atoms with van der Waals surface area (Å²) in [6.45, 7) is 0.966. The van der Waals surface area contributed by atoms with E-state index in [1.165, 1.54) is 0 Å². The minimum atomic E-state index is -3.18. The maximum Gasteiger partial charge on any atom is 0.208 e. The Morgan fingerprint density at radius 2 is 2.24 bits per heavy atom. The molecule has 0 aliphatic heterocycles. The number of hydrogen-bond donors (Lipinski definition) is 2. The van der Waals surface area contributed by atoms with Crippen LogP contribution in [0.3, 0.4) is 0 Å². The number of sulfonamides is 1. The van der Waals surface area contributed by atoms with E-state index in [0.29, 0.717) is 0 Å². The maximum absolute atomic E-state index is 10.9. The fourth-order valence-corrected chi connectivity index (χ4v) is 2.11. The van der Waals surface area contributed by atoms with Crippen LogP contribution in [0.2, 0.25) is 0 Å². The van der Waals surface area contributed by atoms with Crippen LogP contribution in [0.15, 0.2) is 12.5 Å². The second-order valence-corrected chi connectivity index (χ2v) is 6.63. The van der Waals surface area contributed by atoms with Crippen molar-refractivity contribution in [1.82, 2.24) is 19.2 Å². The maximum atomic E-state index is 10.9. The minimum absolute atomic E-state index is 0.237. The summed E-state index contributed by atoms with van der Waals surface area (Å²) in [6, 6.07) is 0. The standard InChI is InChI=1S/C9H18N4O2S2/c1-12(2)7-13-5-8(10-6-13)9(16)4-11-17(3,14)15/h5-6,9,11,16H,4,7H2,1-3H3. The van der Waals surface area contributed by atoms with Crippen LogP contribution < -0.4 is 4.72 Å². The molecular formula is C9H18N4O2S2. The highest BCUT2D eigenvalue weighted by atomic mass is 32.2. The second-order valence-electron chi connectivity index (χ2n) is 4.17. The molecule has 0 saturated heterocycles. The van der Waals surface area contributed by atoms with Gasteiger partial charge in [0.1, 0.15) is 0 Å². The Balaban J connectivity index is 2.57. The third kappa shape index (κ3) is 5.53. The Hall–Kier alpha value is -0.570. The monoisotopic (exact) mass is 278 g/mol. The Morgan fingerprint density at radius 3 is 2.76 bits per heavy atom. The quantitative estimate of drug-likeness (QED) is 0.715. The molecule has 1 unspecified atom stereocenters. The average molecular weight is 278 g/mol. The first kappa shape index (κ1) is 14.5. The van der Waals surface area contributed by atoms with E-state index in [2.05, 4.69) is 22.3 Å². The van der Waals surface area contributed by atoms with Crippen molar-refractivity contribution in [1.29, 1.82) is 0 Å². The molecule has 98 valence electrons. The summed E-state index contributed by atoms with van der Waals surface area (Å²) in [5.41, 5.74) is 0.756. The van der Waals surface area contributed by atoms with Gasteiger partial charge in [0.2, 0.25) is 10.0 Å². The fraction of sp³-hybridized carbons (Fsp3) is 0.667. The van der Waals surface area contributed by atoms with Crippen LogP contribution in [0.5, 0.6) is 0 Å². The molecule has 0 aliphatic carbocycles. The molecule has 6 nitrogen and oxygen atoms in total. The molecule has 0 aromatic carbocycles. The van der Waals surface area contributed by atoms with Crippen LogP contribution in [-0.4, -0.2) is 49.8 Å². The predicted molar refractivity (Wildman–Crippen MR) is 70.5 cm³/mol. The van der Waals surface area contributed by atoms with Crippen LogP contribution in [-0.2, 0) is 16.7 Å². The van der Waals surface area contributed by atoms with E-state index < -0.39 is 10.0 Å². The molecule has 1 rings (SSSR count). The van der Waals surface area contributed by atoms with Crippen molar-refractivity contribution in [2.75, 3.05) is 26.9 Å². The number of nitrogens with zero attached hydrogens (tertiary/aromatic N) is 3. The summed E-state index contributed by atoms with van der Waals surface area (Å²) >= 11 is 4.32. The van der Waals surface area contributed by atoms with Crippen LogP contribution in [0.1, 0.15) is 10.9 Å². The number of rotatable bonds is 6. The van der Waals surface area contributed by atoms with E-state index in [0.717, 1.165) is 18.6 Å². The van der Waals surface area contributed by atoms with E-state index in [4.69, 9.17) is 0 Å². The molecule has 1 aromatic heterocycles. The lowest BCUT2D eigenvalue weighted by atomic mass is 10.3. The molecule has 0 aliphatic rings. The van der Waals surface area contributed by atoms with Gasteiger partial charge in [-0.2, -0.15) is 12.6 Å². The molecule has 0 radical (unpaired) electrons. The van der Waals surface area contributed by atoms with Crippen molar-refractivity contribution in [3.63, 3.8) is 0 Å². The van der Waals surface area contributed by atoms with Gasteiger partial charge in [-0.3, -0.25) is 4.90 Å². The molecule has 0 spiro atoms. The van der Waals surface area contributed by atoms with Gasteiger partial charge in [0.25, 0.3) is 0 Å². The molecule has 0 fully saturated rings. The Labute approximate surface area is 107 Å². The Kier molecular flexibility index (Phi) is 4.99. The van der Waals surface area contributed by atoms with Gasteiger partial charge in [-0.15, -0.1) is 0 Å². The third-order valence-corrected chi connectivity index (χ3v) is 3.12. The lowest BCUT2D eigenvalue weighted by molar-refractivity contribution is 0.326. The number of nitrogens with one attached hydrogen (secondary N) is 1. The highest BCUT2D eigenvalue weighted by molar-refractivity contribution is 7.88. The van der Waals surface area contributed by atoms with Crippen LogP contribution in [0, 0.1) is 0 Å². The lowest BCUT2D eigenvalue weighted by Crippen LogP contribution is -2.25. The molecule has 0 bridgehead atoms. The van der Waals surface area contributed by atoms with Gasteiger partial charge in [-0.25, -0.2) is 18.1 Å². The zero-order valence-corrected chi connectivity index (χ0v) is 11.9. The smallest absolute Gasteiger partial charge is 0.208 e. The van der Waals surface area contributed by atoms with Crippen molar-refractivity contribution in [2.24, 2.45) is 0 Å². The molecule has 1 N–H and O–H groups in total. The van der Waals surface area contributed by atoms with Crippen molar-refractivity contribution in [3.8, 4) is 0 Å². The number of aromatic nitrogens is 2. The summed E-state index contributed by atoms with van der Waals surface area (Å²) in [6.07, 6.45) is 4.69. The largest absolute Gasteiger partial charge is 0.324 e. The van der Waals surface area contributed by atoms with Gasteiger partial charge in [0.05, 0.1) is 30.2 Å². The van der Waals surface area contributed by atoms with Gasteiger partial charge in [-0.1, -0.05) is 0 Å². The summed E-state index contributed by atoms with van der Waals surface area (Å²) in [7, 11) is 0.742. The van der Waals surface area contributed by atoms with Crippen molar-refractivity contribution in [3.05, 3.63) is 18.2 Å². The average Bonchev–Trinajstić information content (AvgIpc) is 2.60. The molecule has 0 saturated carbocycles. The van der Waals surface area contributed by atoms with E-state index in [1.807, 2.05) is 29.8 Å². The highest BCUT2D eigenvalue weighted by Gasteiger charge is 2.12. The SMILES string of the molecule is CN(C)Cn1cnc(C(S)CNS(C)(=O)=O)c1. The molecule has 8 heteroatoms. The first-order valence-corrected chi connectivity index (χ1v) is 7.48. The molecular weight excluding hydrogens is 260 g/mol. The van der Waals surface area contributed by atoms with Gasteiger partial charge in [0.15, 0.2) is 0 Å². The number of imidazole rings is 1. The molecule has 0 amide bonds. The normalized spacial score (nSPS) is 14.2. The van der Waals surface area contributed by atoms with Gasteiger partial charge in [0, 0.05) is 12.7 Å². The van der Waals surface area contributed by atoms with E-state index in [-0.39, 0.29) is 11.8 Å². The Morgan fingerprint density at radius 1 is 1.59 bits per heavy atom. The minimum Gasteiger partial charge on any atom is -0.324 e. The molecule has 1 aromatic rings. The van der Waals surface area contributed by atoms with Crippen molar-refractivity contribution in [2.45, 2.75) is 11.9 Å². The molecule has 1 heterocycles. The summed E-state index contributed by atoms with van der Waals surface area (Å²) in [5.74, 6) is 0. The van der Waals surface area contributed by atoms with E-state index in [9.17, 15) is 8.42 Å². The van der Waals surface area contributed by atoms with Crippen molar-refractivity contribution < 1.29 is 8.42 Å². The first-order valence-electron chi connectivity index (χ1n) is 5.07. The van der Waals surface area contributed by atoms with E-state index >= 15 is 0 Å². The topological polar surface area (TPSA) is 67.2 Å². The number of hydrogen-bond acceptors (Lipinski definition) is 5. The van der Waals surface area contributed by atoms with Gasteiger partial charge >= 0.3 is 0 Å². The second kappa shape index (κ2) is 5.85. The van der Waals surface area contributed by atoms with Crippen molar-refractivity contribution >= 4 is 22.7 Å². The zero-order chi connectivity index (χ0) is 13.1. The van der Waals surface area contributed by atoms with Crippen LogP contribution in [0.4, 0.5) is 0 Å². The predicted octanol–water partition coefficient (Wildman–Crippen LogP) is -0.0777. The van der Waals surface area contributed by atoms with Crippen LogP contribution in [0.25, 0.3) is 0 Å². The Bertz CT molecular complexity index is 455. The van der Waals surface area contributed by atoms with E-state index in [1.54, 1.807) is 6.33 Å². The molecule has 1 atom stereocenters.